The second kappa shape index (κ2) is 21.3. The zero-order chi connectivity index (χ0) is 37.9. The van der Waals surface area contributed by atoms with Crippen molar-refractivity contribution in [3.63, 3.8) is 0 Å². The quantitative estimate of drug-likeness (QED) is 0.117. The number of hydrogen-bond donors (Lipinski definition) is 2. The van der Waals surface area contributed by atoms with Crippen molar-refractivity contribution in [3.8, 4) is 0 Å². The van der Waals surface area contributed by atoms with Crippen LogP contribution in [0.3, 0.4) is 0 Å². The second-order valence-electron chi connectivity index (χ2n) is 13.8. The molecule has 0 spiro atoms. The number of carbonyl (C=O) groups excluding carboxylic acids is 3. The van der Waals surface area contributed by atoms with Crippen LogP contribution in [-0.4, -0.2) is 85.6 Å². The van der Waals surface area contributed by atoms with E-state index in [-0.39, 0.29) is 0 Å². The van der Waals surface area contributed by atoms with Crippen molar-refractivity contribution in [2.45, 2.75) is 90.3 Å². The molecular formula is C40H52N8O5. The van der Waals surface area contributed by atoms with Crippen molar-refractivity contribution in [3.05, 3.63) is 120 Å². The molecule has 4 heterocycles. The van der Waals surface area contributed by atoms with Crippen LogP contribution in [0, 0.1) is 0 Å². The number of amides is 2. The molecule has 0 unspecified atom stereocenters. The monoisotopic (exact) mass is 724 g/mol. The number of ether oxygens (including phenoxy) is 2. The molecule has 4 aromatic heterocycles. The van der Waals surface area contributed by atoms with E-state index in [0.29, 0.717) is 65.0 Å². The number of aromatic nitrogens is 4. The summed E-state index contributed by atoms with van der Waals surface area (Å²) in [4.78, 5) is 62.1. The van der Waals surface area contributed by atoms with E-state index in [9.17, 15) is 14.4 Å². The number of nitrogens with zero attached hydrogens (tertiary/aromatic N) is 6. The number of hydrogen-bond acceptors (Lipinski definition) is 11. The van der Waals surface area contributed by atoms with Crippen LogP contribution in [0.15, 0.2) is 97.6 Å². The van der Waals surface area contributed by atoms with Crippen molar-refractivity contribution in [2.24, 2.45) is 0 Å². The summed E-state index contributed by atoms with van der Waals surface area (Å²) in [6.45, 7) is 8.81. The van der Waals surface area contributed by atoms with Crippen molar-refractivity contribution < 1.29 is 23.9 Å². The Morgan fingerprint density at radius 2 is 1.02 bits per heavy atom. The molecule has 2 atom stereocenters. The number of pyridine rings is 4. The molecule has 53 heavy (non-hydrogen) atoms. The van der Waals surface area contributed by atoms with Gasteiger partial charge in [-0.1, -0.05) is 24.3 Å². The Bertz CT molecular complexity index is 1580. The Kier molecular flexibility index (Phi) is 16.3. The first-order valence-electron chi connectivity index (χ1n) is 18.0. The SMILES string of the molecule is COC(=O)[C@H](CCCN(Cc1ccccn1)Cc1ccccn1)NC(=O)[C@H](CCCN(Cc1ccccn1)Cc1ccccn1)NC(=O)OC(C)(C)C. The van der Waals surface area contributed by atoms with E-state index in [1.165, 1.54) is 7.11 Å². The fourth-order valence-corrected chi connectivity index (χ4v) is 5.73. The summed E-state index contributed by atoms with van der Waals surface area (Å²) in [5.41, 5.74) is 2.87. The van der Waals surface area contributed by atoms with Gasteiger partial charge in [0.05, 0.1) is 29.9 Å². The Morgan fingerprint density at radius 1 is 0.623 bits per heavy atom. The van der Waals surface area contributed by atoms with E-state index in [2.05, 4.69) is 40.4 Å². The number of nitrogens with one attached hydrogen (secondary N) is 2. The molecule has 0 aliphatic rings. The molecule has 13 nitrogen and oxygen atoms in total. The van der Waals surface area contributed by atoms with Crippen molar-refractivity contribution >= 4 is 18.0 Å². The highest BCUT2D eigenvalue weighted by molar-refractivity contribution is 5.89. The van der Waals surface area contributed by atoms with Crippen LogP contribution < -0.4 is 10.6 Å². The highest BCUT2D eigenvalue weighted by Gasteiger charge is 2.29. The van der Waals surface area contributed by atoms with Crippen molar-refractivity contribution in [1.29, 1.82) is 0 Å². The Hall–Kier alpha value is -5.27. The van der Waals surface area contributed by atoms with E-state index < -0.39 is 35.7 Å². The van der Waals surface area contributed by atoms with Crippen LogP contribution in [0.1, 0.15) is 69.2 Å². The Labute approximate surface area is 312 Å². The lowest BCUT2D eigenvalue weighted by Gasteiger charge is -2.26. The number of methoxy groups -OCH3 is 1. The molecule has 0 aliphatic carbocycles. The average molecular weight is 725 g/mol. The topological polar surface area (TPSA) is 152 Å². The standard InChI is InChI=1S/C40H52N8O5/c1-40(2,3)53-39(51)46-35(19-13-25-47(27-31-15-5-9-21-41-31)28-32-16-6-10-22-42-32)37(49)45-36(38(50)52-4)20-14-26-48(29-33-17-7-11-23-43-33)30-34-18-8-12-24-44-34/h5-12,15-18,21-24,35-36H,13-14,19-20,25-30H2,1-4H3,(H,45,49)(H,46,51)/t35-,36-/m0/s1. The highest BCUT2D eigenvalue weighted by Crippen LogP contribution is 2.14. The third-order valence-corrected chi connectivity index (χ3v) is 8.19. The van der Waals surface area contributed by atoms with Gasteiger partial charge in [0.15, 0.2) is 0 Å². The molecule has 4 aromatic rings. The molecule has 13 heteroatoms. The lowest BCUT2D eigenvalue weighted by atomic mass is 10.1. The third-order valence-electron chi connectivity index (χ3n) is 8.19. The Morgan fingerprint density at radius 3 is 1.36 bits per heavy atom. The fraction of sp³-hybridized carbons (Fsp3) is 0.425. The van der Waals surface area contributed by atoms with E-state index in [0.717, 1.165) is 22.8 Å². The van der Waals surface area contributed by atoms with Gasteiger partial charge < -0.3 is 20.1 Å². The van der Waals surface area contributed by atoms with Crippen LogP contribution in [0.2, 0.25) is 0 Å². The van der Waals surface area contributed by atoms with Crippen LogP contribution >= 0.6 is 0 Å². The maximum atomic E-state index is 13.9. The summed E-state index contributed by atoms with van der Waals surface area (Å²) in [5.74, 6) is -1.06. The molecule has 4 rings (SSSR count). The maximum Gasteiger partial charge on any atom is 0.408 e. The first kappa shape index (κ1) is 40.5. The smallest absolute Gasteiger partial charge is 0.408 e. The number of carbonyl (C=O) groups is 3. The van der Waals surface area contributed by atoms with Gasteiger partial charge in [-0.15, -0.1) is 0 Å². The van der Waals surface area contributed by atoms with E-state index in [4.69, 9.17) is 9.47 Å². The molecule has 0 aliphatic heterocycles. The number of esters is 1. The first-order chi connectivity index (χ1) is 25.6. The predicted molar refractivity (Wildman–Crippen MR) is 201 cm³/mol. The molecule has 0 radical (unpaired) electrons. The van der Waals surface area contributed by atoms with Gasteiger partial charge in [-0.3, -0.25) is 34.5 Å². The summed E-state index contributed by atoms with van der Waals surface area (Å²) < 4.78 is 10.6. The van der Waals surface area contributed by atoms with E-state index >= 15 is 0 Å². The highest BCUT2D eigenvalue weighted by atomic mass is 16.6. The van der Waals surface area contributed by atoms with Gasteiger partial charge in [-0.25, -0.2) is 9.59 Å². The summed E-state index contributed by atoms with van der Waals surface area (Å²) in [6, 6.07) is 21.3. The van der Waals surface area contributed by atoms with Gasteiger partial charge in [0, 0.05) is 51.0 Å². The first-order valence-corrected chi connectivity index (χ1v) is 18.0. The maximum absolute atomic E-state index is 13.9. The van der Waals surface area contributed by atoms with Crippen LogP contribution in [0.4, 0.5) is 4.79 Å². The van der Waals surface area contributed by atoms with Crippen LogP contribution in [0.5, 0.6) is 0 Å². The zero-order valence-electron chi connectivity index (χ0n) is 31.2. The van der Waals surface area contributed by atoms with Crippen LogP contribution in [-0.2, 0) is 45.2 Å². The minimum atomic E-state index is -0.964. The number of alkyl carbamates (subject to hydrolysis) is 1. The van der Waals surface area contributed by atoms with Crippen molar-refractivity contribution in [1.82, 2.24) is 40.4 Å². The normalized spacial score (nSPS) is 12.6. The average Bonchev–Trinajstić information content (AvgIpc) is 3.14. The molecule has 0 saturated heterocycles. The molecule has 0 fully saturated rings. The van der Waals surface area contributed by atoms with E-state index in [1.807, 2.05) is 72.8 Å². The Balaban J connectivity index is 1.42. The summed E-state index contributed by atoms with van der Waals surface area (Å²) >= 11 is 0. The molecule has 2 N–H and O–H groups in total. The molecule has 0 aromatic carbocycles. The molecule has 2 amide bonds. The minimum absolute atomic E-state index is 0.293. The molecule has 0 saturated carbocycles. The zero-order valence-corrected chi connectivity index (χ0v) is 31.2. The van der Waals surface area contributed by atoms with Gasteiger partial charge in [0.2, 0.25) is 5.91 Å². The lowest BCUT2D eigenvalue weighted by Crippen LogP contribution is -2.52. The molecule has 282 valence electrons. The van der Waals surface area contributed by atoms with Gasteiger partial charge in [0.1, 0.15) is 17.7 Å². The molecule has 0 bridgehead atoms. The summed E-state index contributed by atoms with van der Waals surface area (Å²) in [7, 11) is 1.30. The fourth-order valence-electron chi connectivity index (χ4n) is 5.73. The predicted octanol–water partition coefficient (Wildman–Crippen LogP) is 5.08. The van der Waals surface area contributed by atoms with Crippen molar-refractivity contribution in [2.75, 3.05) is 20.2 Å². The molecular weight excluding hydrogens is 672 g/mol. The minimum Gasteiger partial charge on any atom is -0.467 e. The number of rotatable bonds is 20. The third kappa shape index (κ3) is 15.5. The van der Waals surface area contributed by atoms with E-state index in [1.54, 1.807) is 45.6 Å². The van der Waals surface area contributed by atoms with Gasteiger partial charge in [0.25, 0.3) is 0 Å². The van der Waals surface area contributed by atoms with Gasteiger partial charge in [-0.05, 0) is 108 Å². The van der Waals surface area contributed by atoms with Gasteiger partial charge in [-0.2, -0.15) is 0 Å². The summed E-state index contributed by atoms with van der Waals surface area (Å²) in [5, 5.41) is 5.61. The largest absolute Gasteiger partial charge is 0.467 e. The lowest BCUT2D eigenvalue weighted by molar-refractivity contribution is -0.145. The van der Waals surface area contributed by atoms with Crippen LogP contribution in [0.25, 0.3) is 0 Å². The second-order valence-corrected chi connectivity index (χ2v) is 13.8. The van der Waals surface area contributed by atoms with Gasteiger partial charge >= 0.3 is 12.1 Å². The summed E-state index contributed by atoms with van der Waals surface area (Å²) in [6.07, 6.45) is 8.06.